The fraction of sp³-hybridized carbons (Fsp3) is 0.700. The maximum absolute atomic E-state index is 12.7. The molecule has 1 saturated heterocycles. The Morgan fingerprint density at radius 2 is 1.67 bits per heavy atom. The fourth-order valence-corrected chi connectivity index (χ4v) is 5.52. The van der Waals surface area contributed by atoms with Crippen molar-refractivity contribution in [3.63, 3.8) is 0 Å². The molecule has 0 radical (unpaired) electrons. The van der Waals surface area contributed by atoms with Crippen molar-refractivity contribution in [1.82, 2.24) is 4.31 Å². The minimum atomic E-state index is -3.18. The fourth-order valence-electron chi connectivity index (χ4n) is 3.67. The molecule has 136 valence electrons. The van der Waals surface area contributed by atoms with Crippen LogP contribution >= 0.6 is 0 Å². The first-order valence-corrected chi connectivity index (χ1v) is 11.3. The highest BCUT2D eigenvalue weighted by Crippen LogP contribution is 2.27. The van der Waals surface area contributed by atoms with Gasteiger partial charge in [0.15, 0.2) is 0 Å². The molecule has 1 aliphatic rings. The molecule has 1 aromatic carbocycles. The van der Waals surface area contributed by atoms with E-state index < -0.39 is 10.0 Å². The summed E-state index contributed by atoms with van der Waals surface area (Å²) in [5.74, 6) is 0.140. The van der Waals surface area contributed by atoms with E-state index in [1.54, 1.807) is 4.31 Å². The molecule has 0 saturated carbocycles. The molecule has 2 rings (SSSR count). The van der Waals surface area contributed by atoms with E-state index in [0.717, 1.165) is 31.2 Å². The standard InChI is InChI=1S/C20H33NO2S/c1-2-3-4-5-6-7-11-15-20-16-12-17-21(20)24(22,23)18-19-13-9-8-10-14-19/h8-10,13-14,20H,2-7,11-12,15-18H2,1H3. The lowest BCUT2D eigenvalue weighted by Gasteiger charge is -2.24. The van der Waals surface area contributed by atoms with Gasteiger partial charge in [-0.2, -0.15) is 4.31 Å². The van der Waals surface area contributed by atoms with Gasteiger partial charge < -0.3 is 0 Å². The molecule has 0 aromatic heterocycles. The molecule has 1 fully saturated rings. The summed E-state index contributed by atoms with van der Waals surface area (Å²) in [5, 5.41) is 0. The van der Waals surface area contributed by atoms with Gasteiger partial charge in [0.1, 0.15) is 0 Å². The monoisotopic (exact) mass is 351 g/mol. The Labute approximate surface area is 148 Å². The van der Waals surface area contributed by atoms with E-state index in [2.05, 4.69) is 6.92 Å². The molecule has 1 aliphatic heterocycles. The zero-order valence-corrected chi connectivity index (χ0v) is 15.9. The Balaban J connectivity index is 1.77. The lowest BCUT2D eigenvalue weighted by molar-refractivity contribution is 0.359. The second-order valence-corrected chi connectivity index (χ2v) is 8.98. The van der Waals surface area contributed by atoms with Crippen LogP contribution in [0.25, 0.3) is 0 Å². The van der Waals surface area contributed by atoms with Crippen molar-refractivity contribution in [3.05, 3.63) is 35.9 Å². The molecule has 0 bridgehead atoms. The number of nitrogens with zero attached hydrogens (tertiary/aromatic N) is 1. The van der Waals surface area contributed by atoms with Crippen LogP contribution in [-0.2, 0) is 15.8 Å². The van der Waals surface area contributed by atoms with Gasteiger partial charge in [-0.25, -0.2) is 8.42 Å². The van der Waals surface area contributed by atoms with Crippen LogP contribution in [0.1, 0.15) is 76.7 Å². The van der Waals surface area contributed by atoms with Crippen LogP contribution in [0.15, 0.2) is 30.3 Å². The Kier molecular flexibility index (Phi) is 8.26. The van der Waals surface area contributed by atoms with Crippen LogP contribution in [-0.4, -0.2) is 25.3 Å². The van der Waals surface area contributed by atoms with Crippen molar-refractivity contribution in [3.8, 4) is 0 Å². The normalized spacial score (nSPS) is 19.0. The van der Waals surface area contributed by atoms with Crippen LogP contribution in [0.5, 0.6) is 0 Å². The summed E-state index contributed by atoms with van der Waals surface area (Å²) in [6.07, 6.45) is 12.1. The molecule has 0 N–H and O–H groups in total. The predicted octanol–water partition coefficient (Wildman–Crippen LogP) is 5.12. The maximum atomic E-state index is 12.7. The number of sulfonamides is 1. The Morgan fingerprint density at radius 1 is 1.00 bits per heavy atom. The molecular formula is C20H33NO2S. The molecule has 1 heterocycles. The zero-order chi connectivity index (χ0) is 17.3. The number of hydrogen-bond donors (Lipinski definition) is 0. The molecule has 24 heavy (non-hydrogen) atoms. The third-order valence-corrected chi connectivity index (χ3v) is 6.91. The zero-order valence-electron chi connectivity index (χ0n) is 15.1. The predicted molar refractivity (Wildman–Crippen MR) is 101 cm³/mol. The van der Waals surface area contributed by atoms with Gasteiger partial charge in [-0.15, -0.1) is 0 Å². The van der Waals surface area contributed by atoms with Crippen molar-refractivity contribution < 1.29 is 8.42 Å². The number of rotatable bonds is 11. The summed E-state index contributed by atoms with van der Waals surface area (Å²) in [5.41, 5.74) is 0.888. The van der Waals surface area contributed by atoms with Gasteiger partial charge in [0.05, 0.1) is 5.75 Å². The van der Waals surface area contributed by atoms with Gasteiger partial charge in [-0.3, -0.25) is 0 Å². The Morgan fingerprint density at radius 3 is 2.38 bits per heavy atom. The van der Waals surface area contributed by atoms with Gasteiger partial charge in [0, 0.05) is 12.6 Å². The Bertz CT molecular complexity index is 556. The first-order valence-electron chi connectivity index (χ1n) is 9.67. The van der Waals surface area contributed by atoms with E-state index in [-0.39, 0.29) is 11.8 Å². The van der Waals surface area contributed by atoms with Gasteiger partial charge in [0.2, 0.25) is 10.0 Å². The molecule has 3 nitrogen and oxygen atoms in total. The summed E-state index contributed by atoms with van der Waals surface area (Å²) in [4.78, 5) is 0. The maximum Gasteiger partial charge on any atom is 0.218 e. The van der Waals surface area contributed by atoms with Crippen LogP contribution in [0.2, 0.25) is 0 Å². The van der Waals surface area contributed by atoms with Crippen LogP contribution in [0.4, 0.5) is 0 Å². The van der Waals surface area contributed by atoms with Gasteiger partial charge in [-0.05, 0) is 24.8 Å². The average molecular weight is 352 g/mol. The Hall–Kier alpha value is -0.870. The van der Waals surface area contributed by atoms with E-state index in [1.165, 1.54) is 38.5 Å². The third kappa shape index (κ3) is 6.21. The first kappa shape index (κ1) is 19.5. The number of benzene rings is 1. The van der Waals surface area contributed by atoms with E-state index >= 15 is 0 Å². The highest BCUT2D eigenvalue weighted by molar-refractivity contribution is 7.88. The second-order valence-electron chi connectivity index (χ2n) is 7.06. The molecule has 0 spiro atoms. The molecule has 4 heteroatoms. The first-order chi connectivity index (χ1) is 11.6. The van der Waals surface area contributed by atoms with Gasteiger partial charge in [0.25, 0.3) is 0 Å². The summed E-state index contributed by atoms with van der Waals surface area (Å²) < 4.78 is 27.3. The highest BCUT2D eigenvalue weighted by atomic mass is 32.2. The van der Waals surface area contributed by atoms with Crippen LogP contribution in [0, 0.1) is 0 Å². The van der Waals surface area contributed by atoms with E-state index in [0.29, 0.717) is 6.54 Å². The van der Waals surface area contributed by atoms with E-state index in [9.17, 15) is 8.42 Å². The smallest absolute Gasteiger partial charge is 0.212 e. The summed E-state index contributed by atoms with van der Waals surface area (Å²) >= 11 is 0. The second kappa shape index (κ2) is 10.2. The summed E-state index contributed by atoms with van der Waals surface area (Å²) in [6, 6.07) is 9.78. The largest absolute Gasteiger partial charge is 0.218 e. The van der Waals surface area contributed by atoms with Crippen LogP contribution in [0.3, 0.4) is 0 Å². The third-order valence-electron chi connectivity index (χ3n) is 5.01. The van der Waals surface area contributed by atoms with Crippen LogP contribution < -0.4 is 0 Å². The van der Waals surface area contributed by atoms with Crippen molar-refractivity contribution in [2.24, 2.45) is 0 Å². The molecular weight excluding hydrogens is 318 g/mol. The van der Waals surface area contributed by atoms with Gasteiger partial charge in [-0.1, -0.05) is 82.2 Å². The van der Waals surface area contributed by atoms with Crippen molar-refractivity contribution in [2.45, 2.75) is 82.9 Å². The molecule has 0 aliphatic carbocycles. The molecule has 1 aromatic rings. The number of unbranched alkanes of at least 4 members (excludes halogenated alkanes) is 6. The topological polar surface area (TPSA) is 37.4 Å². The SMILES string of the molecule is CCCCCCCCCC1CCCN1S(=O)(=O)Cc1ccccc1. The highest BCUT2D eigenvalue weighted by Gasteiger charge is 2.33. The minimum absolute atomic E-state index is 0.140. The molecule has 1 unspecified atom stereocenters. The molecule has 0 amide bonds. The van der Waals surface area contributed by atoms with E-state index in [1.807, 2.05) is 30.3 Å². The average Bonchev–Trinajstić information content (AvgIpc) is 3.04. The summed E-state index contributed by atoms with van der Waals surface area (Å²) in [6.45, 7) is 2.95. The number of hydrogen-bond acceptors (Lipinski definition) is 2. The quantitative estimate of drug-likeness (QED) is 0.519. The minimum Gasteiger partial charge on any atom is -0.212 e. The lowest BCUT2D eigenvalue weighted by Crippen LogP contribution is -2.36. The summed E-state index contributed by atoms with van der Waals surface area (Å²) in [7, 11) is -3.18. The van der Waals surface area contributed by atoms with Crippen molar-refractivity contribution in [2.75, 3.05) is 6.54 Å². The van der Waals surface area contributed by atoms with Gasteiger partial charge >= 0.3 is 0 Å². The van der Waals surface area contributed by atoms with Crippen molar-refractivity contribution >= 4 is 10.0 Å². The lowest BCUT2D eigenvalue weighted by atomic mass is 10.0. The van der Waals surface area contributed by atoms with E-state index in [4.69, 9.17) is 0 Å². The molecule has 1 atom stereocenters. The van der Waals surface area contributed by atoms with Crippen molar-refractivity contribution in [1.29, 1.82) is 0 Å².